The number of hydrogen-bond acceptors (Lipinski definition) is 6. The van der Waals surface area contributed by atoms with Gasteiger partial charge in [-0.25, -0.2) is 8.42 Å². The SMILES string of the molecule is Cc1ccc(CSCCCNC(=O)CN(c2ccc([N+](=O)[O-])cc2)S(=O)(=O)c2ccccc2)cc1. The highest BCUT2D eigenvalue weighted by Gasteiger charge is 2.27. The van der Waals surface area contributed by atoms with Crippen LogP contribution in [0.15, 0.2) is 83.8 Å². The van der Waals surface area contributed by atoms with Crippen LogP contribution >= 0.6 is 11.8 Å². The molecule has 35 heavy (non-hydrogen) atoms. The maximum Gasteiger partial charge on any atom is 0.269 e. The number of sulfonamides is 1. The third-order valence-electron chi connectivity index (χ3n) is 5.14. The van der Waals surface area contributed by atoms with Gasteiger partial charge in [-0.2, -0.15) is 11.8 Å². The Hall–Kier alpha value is -3.37. The number of thioether (sulfide) groups is 1. The summed E-state index contributed by atoms with van der Waals surface area (Å²) in [7, 11) is -4.06. The number of nitro benzene ring substituents is 1. The van der Waals surface area contributed by atoms with Crippen molar-refractivity contribution >= 4 is 39.1 Å². The second-order valence-electron chi connectivity index (χ2n) is 7.84. The Bertz CT molecular complexity index is 1230. The van der Waals surface area contributed by atoms with E-state index in [4.69, 9.17) is 0 Å². The zero-order valence-corrected chi connectivity index (χ0v) is 20.9. The standard InChI is InChI=1S/C25H27N3O5S2/c1-20-8-10-21(11-9-20)19-34-17-5-16-26-25(29)18-27(22-12-14-23(15-13-22)28(30)31)35(32,33)24-6-3-2-4-7-24/h2-4,6-15H,5,16-19H2,1H3,(H,26,29). The van der Waals surface area contributed by atoms with Crippen LogP contribution in [0.4, 0.5) is 11.4 Å². The predicted octanol–water partition coefficient (Wildman–Crippen LogP) is 4.54. The van der Waals surface area contributed by atoms with E-state index >= 15 is 0 Å². The fraction of sp³-hybridized carbons (Fsp3) is 0.240. The summed E-state index contributed by atoms with van der Waals surface area (Å²) in [6.07, 6.45) is 0.741. The third-order valence-corrected chi connectivity index (χ3v) is 8.05. The van der Waals surface area contributed by atoms with E-state index in [1.807, 2.05) is 6.92 Å². The average molecular weight is 514 g/mol. The van der Waals surface area contributed by atoms with E-state index in [0.29, 0.717) is 6.54 Å². The van der Waals surface area contributed by atoms with Gasteiger partial charge in [0.05, 0.1) is 15.5 Å². The zero-order chi connectivity index (χ0) is 25.3. The first kappa shape index (κ1) is 26.2. The van der Waals surface area contributed by atoms with Gasteiger partial charge in [-0.1, -0.05) is 48.0 Å². The molecular weight excluding hydrogens is 486 g/mol. The molecule has 0 radical (unpaired) electrons. The summed E-state index contributed by atoms with van der Waals surface area (Å²) in [5, 5.41) is 13.7. The number of nitrogens with zero attached hydrogens (tertiary/aromatic N) is 2. The van der Waals surface area contributed by atoms with E-state index in [9.17, 15) is 23.3 Å². The minimum atomic E-state index is -4.06. The first-order valence-electron chi connectivity index (χ1n) is 11.0. The molecule has 0 saturated carbocycles. The van der Waals surface area contributed by atoms with Gasteiger partial charge in [-0.15, -0.1) is 0 Å². The van der Waals surface area contributed by atoms with Gasteiger partial charge in [0.2, 0.25) is 5.91 Å². The van der Waals surface area contributed by atoms with Crippen molar-refractivity contribution in [2.45, 2.75) is 24.0 Å². The summed E-state index contributed by atoms with van der Waals surface area (Å²) >= 11 is 1.77. The summed E-state index contributed by atoms with van der Waals surface area (Å²) < 4.78 is 27.5. The summed E-state index contributed by atoms with van der Waals surface area (Å²) in [6, 6.07) is 21.2. The van der Waals surface area contributed by atoms with Crippen LogP contribution in [0.1, 0.15) is 17.5 Å². The molecule has 1 N–H and O–H groups in total. The van der Waals surface area contributed by atoms with Crippen molar-refractivity contribution in [3.63, 3.8) is 0 Å². The van der Waals surface area contributed by atoms with E-state index in [0.717, 1.165) is 22.2 Å². The molecule has 0 bridgehead atoms. The minimum absolute atomic E-state index is 0.0265. The molecule has 0 heterocycles. The number of amides is 1. The maximum atomic E-state index is 13.3. The Balaban J connectivity index is 1.60. The Kier molecular flexibility index (Phi) is 9.27. The topological polar surface area (TPSA) is 110 Å². The lowest BCUT2D eigenvalue weighted by Gasteiger charge is -2.24. The molecule has 0 atom stereocenters. The smallest absolute Gasteiger partial charge is 0.269 e. The predicted molar refractivity (Wildman–Crippen MR) is 139 cm³/mol. The number of rotatable bonds is 12. The monoisotopic (exact) mass is 513 g/mol. The molecular formula is C25H27N3O5S2. The van der Waals surface area contributed by atoms with Crippen molar-refractivity contribution in [3.8, 4) is 0 Å². The second kappa shape index (κ2) is 12.4. The van der Waals surface area contributed by atoms with E-state index in [-0.39, 0.29) is 16.3 Å². The highest BCUT2D eigenvalue weighted by Crippen LogP contribution is 2.25. The van der Waals surface area contributed by atoms with Crippen molar-refractivity contribution in [1.82, 2.24) is 5.32 Å². The molecule has 0 aliphatic heterocycles. The number of benzene rings is 3. The van der Waals surface area contributed by atoms with Gasteiger partial charge in [-0.05, 0) is 48.9 Å². The molecule has 3 rings (SSSR count). The van der Waals surface area contributed by atoms with Crippen LogP contribution in [0, 0.1) is 17.0 Å². The molecule has 0 aliphatic carbocycles. The quantitative estimate of drug-likeness (QED) is 0.216. The Morgan fingerprint density at radius 3 is 2.29 bits per heavy atom. The van der Waals surface area contributed by atoms with Gasteiger partial charge in [0.1, 0.15) is 6.54 Å². The number of nitrogens with one attached hydrogen (secondary N) is 1. The van der Waals surface area contributed by atoms with E-state index in [1.54, 1.807) is 30.0 Å². The molecule has 0 unspecified atom stereocenters. The average Bonchev–Trinajstić information content (AvgIpc) is 2.86. The lowest BCUT2D eigenvalue weighted by Crippen LogP contribution is -2.41. The molecule has 0 saturated heterocycles. The number of aryl methyl sites for hydroxylation is 1. The fourth-order valence-corrected chi connectivity index (χ4v) is 5.60. The zero-order valence-electron chi connectivity index (χ0n) is 19.3. The fourth-order valence-electron chi connectivity index (χ4n) is 3.24. The van der Waals surface area contributed by atoms with Crippen LogP contribution in [-0.2, 0) is 20.6 Å². The van der Waals surface area contributed by atoms with Gasteiger partial charge in [0.25, 0.3) is 15.7 Å². The number of carbonyl (C=O) groups is 1. The molecule has 10 heteroatoms. The normalized spacial score (nSPS) is 11.1. The van der Waals surface area contributed by atoms with E-state index < -0.39 is 27.4 Å². The largest absolute Gasteiger partial charge is 0.354 e. The first-order valence-corrected chi connectivity index (χ1v) is 13.6. The van der Waals surface area contributed by atoms with Crippen molar-refractivity contribution in [1.29, 1.82) is 0 Å². The molecule has 184 valence electrons. The summed E-state index contributed by atoms with van der Waals surface area (Å²) in [4.78, 5) is 23.1. The summed E-state index contributed by atoms with van der Waals surface area (Å²) in [5.74, 6) is 1.28. The molecule has 0 fully saturated rings. The number of nitro groups is 1. The van der Waals surface area contributed by atoms with Crippen LogP contribution in [0.3, 0.4) is 0 Å². The van der Waals surface area contributed by atoms with Crippen molar-refractivity contribution in [3.05, 3.63) is 100 Å². The van der Waals surface area contributed by atoms with Gasteiger partial charge in [0, 0.05) is 24.4 Å². The van der Waals surface area contributed by atoms with Crippen LogP contribution in [0.5, 0.6) is 0 Å². The van der Waals surface area contributed by atoms with Crippen LogP contribution in [-0.4, -0.2) is 38.1 Å². The van der Waals surface area contributed by atoms with Gasteiger partial charge >= 0.3 is 0 Å². The van der Waals surface area contributed by atoms with Crippen LogP contribution < -0.4 is 9.62 Å². The van der Waals surface area contributed by atoms with Crippen molar-refractivity contribution in [2.75, 3.05) is 23.1 Å². The van der Waals surface area contributed by atoms with E-state index in [1.165, 1.54) is 47.5 Å². The highest BCUT2D eigenvalue weighted by molar-refractivity contribution is 7.98. The van der Waals surface area contributed by atoms with E-state index in [2.05, 4.69) is 29.6 Å². The first-order chi connectivity index (χ1) is 16.8. The molecule has 0 spiro atoms. The Morgan fingerprint density at radius 1 is 1.00 bits per heavy atom. The number of anilines is 1. The van der Waals surface area contributed by atoms with Crippen LogP contribution in [0.25, 0.3) is 0 Å². The van der Waals surface area contributed by atoms with Gasteiger partial charge < -0.3 is 5.32 Å². The van der Waals surface area contributed by atoms with Gasteiger partial charge in [-0.3, -0.25) is 19.2 Å². The lowest BCUT2D eigenvalue weighted by atomic mass is 10.2. The number of carbonyl (C=O) groups excluding carboxylic acids is 1. The van der Waals surface area contributed by atoms with Crippen molar-refractivity contribution < 1.29 is 18.1 Å². The molecule has 0 aromatic heterocycles. The maximum absolute atomic E-state index is 13.3. The molecule has 1 amide bonds. The third kappa shape index (κ3) is 7.56. The lowest BCUT2D eigenvalue weighted by molar-refractivity contribution is -0.384. The Labute approximate surface area is 209 Å². The van der Waals surface area contributed by atoms with Gasteiger partial charge in [0.15, 0.2) is 0 Å². The molecule has 3 aromatic rings. The summed E-state index contributed by atoms with van der Waals surface area (Å²) in [6.45, 7) is 2.03. The molecule has 8 nitrogen and oxygen atoms in total. The number of non-ortho nitro benzene ring substituents is 1. The van der Waals surface area contributed by atoms with Crippen LogP contribution in [0.2, 0.25) is 0 Å². The highest BCUT2D eigenvalue weighted by atomic mass is 32.2. The Morgan fingerprint density at radius 2 is 1.66 bits per heavy atom. The summed E-state index contributed by atoms with van der Waals surface area (Å²) in [5.41, 5.74) is 2.47. The minimum Gasteiger partial charge on any atom is -0.354 e. The number of hydrogen-bond donors (Lipinski definition) is 1. The molecule has 0 aliphatic rings. The molecule has 3 aromatic carbocycles. The second-order valence-corrected chi connectivity index (χ2v) is 10.8. The van der Waals surface area contributed by atoms with Crippen molar-refractivity contribution in [2.24, 2.45) is 0 Å².